The van der Waals surface area contributed by atoms with Gasteiger partial charge >= 0.3 is 0 Å². The zero-order chi connectivity index (χ0) is 18.5. The number of aliphatic hydroxyl groups is 1. The molecule has 0 aromatic heterocycles. The molecule has 1 fully saturated rings. The summed E-state index contributed by atoms with van der Waals surface area (Å²) in [7, 11) is 0. The van der Waals surface area contributed by atoms with Crippen LogP contribution in [0, 0.1) is 0 Å². The molecule has 0 spiro atoms. The van der Waals surface area contributed by atoms with Crippen LogP contribution in [0.3, 0.4) is 0 Å². The second-order valence-electron chi connectivity index (χ2n) is 5.83. The third-order valence-electron chi connectivity index (χ3n) is 4.02. The average Bonchev–Trinajstić information content (AvgIpc) is 2.97. The summed E-state index contributed by atoms with van der Waals surface area (Å²) in [5, 5.41) is 12.7. The molecular formula is C20H19NO3S2. The Morgan fingerprint density at radius 3 is 2.62 bits per heavy atom. The number of benzene rings is 2. The molecule has 26 heavy (non-hydrogen) atoms. The molecule has 1 amide bonds. The summed E-state index contributed by atoms with van der Waals surface area (Å²) in [6, 6.07) is 15.3. The van der Waals surface area contributed by atoms with Gasteiger partial charge in [-0.05, 0) is 41.3 Å². The first-order chi connectivity index (χ1) is 12.6. The van der Waals surface area contributed by atoms with Gasteiger partial charge in [0.2, 0.25) is 0 Å². The van der Waals surface area contributed by atoms with Crippen LogP contribution in [0.1, 0.15) is 36.1 Å². The SMILES string of the molecule is CCC(O)c1ccccc1COc1ccc(C=C2SC(=S)NC2=O)cc1. The monoisotopic (exact) mass is 385 g/mol. The first-order valence-corrected chi connectivity index (χ1v) is 9.53. The molecule has 1 saturated heterocycles. The molecule has 3 rings (SSSR count). The lowest BCUT2D eigenvalue weighted by atomic mass is 10.0. The van der Waals surface area contributed by atoms with Gasteiger partial charge in [0.25, 0.3) is 5.91 Å². The van der Waals surface area contributed by atoms with E-state index in [9.17, 15) is 9.90 Å². The van der Waals surface area contributed by atoms with E-state index in [0.29, 0.717) is 22.3 Å². The summed E-state index contributed by atoms with van der Waals surface area (Å²) >= 11 is 6.24. The summed E-state index contributed by atoms with van der Waals surface area (Å²) < 4.78 is 6.33. The Morgan fingerprint density at radius 2 is 1.96 bits per heavy atom. The first-order valence-electron chi connectivity index (χ1n) is 8.30. The van der Waals surface area contributed by atoms with Crippen molar-refractivity contribution in [1.29, 1.82) is 0 Å². The first kappa shape index (κ1) is 18.6. The maximum absolute atomic E-state index is 11.7. The highest BCUT2D eigenvalue weighted by Crippen LogP contribution is 2.27. The molecule has 1 heterocycles. The minimum atomic E-state index is -0.482. The zero-order valence-electron chi connectivity index (χ0n) is 14.3. The molecule has 1 aliphatic rings. The number of thiocarbonyl (C=S) groups is 1. The van der Waals surface area contributed by atoms with E-state index in [1.54, 1.807) is 6.08 Å². The predicted molar refractivity (Wildman–Crippen MR) is 109 cm³/mol. The Balaban J connectivity index is 1.67. The number of hydrogen-bond donors (Lipinski definition) is 2. The van der Waals surface area contributed by atoms with E-state index in [1.807, 2.05) is 55.5 Å². The Morgan fingerprint density at radius 1 is 1.23 bits per heavy atom. The minimum Gasteiger partial charge on any atom is -0.489 e. The molecule has 0 radical (unpaired) electrons. The number of nitrogens with one attached hydrogen (secondary N) is 1. The number of carbonyl (C=O) groups excluding carboxylic acids is 1. The van der Waals surface area contributed by atoms with Crippen LogP contribution in [-0.4, -0.2) is 15.3 Å². The summed E-state index contributed by atoms with van der Waals surface area (Å²) in [5.74, 6) is 0.568. The molecule has 134 valence electrons. The summed E-state index contributed by atoms with van der Waals surface area (Å²) in [6.07, 6.45) is 1.98. The van der Waals surface area contributed by atoms with Gasteiger partial charge < -0.3 is 15.2 Å². The largest absolute Gasteiger partial charge is 0.489 e. The van der Waals surface area contributed by atoms with Crippen molar-refractivity contribution in [2.24, 2.45) is 0 Å². The Bertz CT molecular complexity index is 846. The second kappa shape index (κ2) is 8.49. The number of thioether (sulfide) groups is 1. The Kier molecular flexibility index (Phi) is 6.08. The van der Waals surface area contributed by atoms with Crippen LogP contribution in [0.2, 0.25) is 0 Å². The lowest BCUT2D eigenvalue weighted by molar-refractivity contribution is -0.115. The lowest BCUT2D eigenvalue weighted by Gasteiger charge is -2.14. The van der Waals surface area contributed by atoms with Gasteiger partial charge in [-0.25, -0.2) is 0 Å². The number of rotatable bonds is 6. The molecule has 0 bridgehead atoms. The molecule has 0 aliphatic carbocycles. The molecule has 1 atom stereocenters. The molecule has 6 heteroatoms. The van der Waals surface area contributed by atoms with Gasteiger partial charge in [0.05, 0.1) is 11.0 Å². The van der Waals surface area contributed by atoms with E-state index >= 15 is 0 Å². The maximum Gasteiger partial charge on any atom is 0.263 e. The molecule has 4 nitrogen and oxygen atoms in total. The van der Waals surface area contributed by atoms with Crippen molar-refractivity contribution in [1.82, 2.24) is 5.32 Å². The fourth-order valence-corrected chi connectivity index (χ4v) is 3.65. The van der Waals surface area contributed by atoms with Crippen molar-refractivity contribution in [3.63, 3.8) is 0 Å². The van der Waals surface area contributed by atoms with E-state index in [2.05, 4.69) is 5.32 Å². The van der Waals surface area contributed by atoms with Crippen LogP contribution in [0.25, 0.3) is 6.08 Å². The molecule has 2 aromatic carbocycles. The fraction of sp³-hybridized carbons (Fsp3) is 0.200. The van der Waals surface area contributed by atoms with E-state index in [0.717, 1.165) is 22.4 Å². The van der Waals surface area contributed by atoms with Crippen molar-refractivity contribution >= 4 is 40.3 Å². The molecular weight excluding hydrogens is 366 g/mol. The predicted octanol–water partition coefficient (Wildman–Crippen LogP) is 4.20. The van der Waals surface area contributed by atoms with Gasteiger partial charge in [-0.1, -0.05) is 67.3 Å². The van der Waals surface area contributed by atoms with Crippen LogP contribution >= 0.6 is 24.0 Å². The third-order valence-corrected chi connectivity index (χ3v) is 5.18. The highest BCUT2D eigenvalue weighted by Gasteiger charge is 2.21. The van der Waals surface area contributed by atoms with Gasteiger partial charge in [0.1, 0.15) is 16.7 Å². The van der Waals surface area contributed by atoms with Crippen molar-refractivity contribution < 1.29 is 14.6 Å². The topological polar surface area (TPSA) is 58.6 Å². The maximum atomic E-state index is 11.7. The van der Waals surface area contributed by atoms with Gasteiger partial charge in [-0.3, -0.25) is 4.79 Å². The molecule has 1 unspecified atom stereocenters. The summed E-state index contributed by atoms with van der Waals surface area (Å²) in [6.45, 7) is 2.34. The number of hydrogen-bond acceptors (Lipinski definition) is 5. The summed E-state index contributed by atoms with van der Waals surface area (Å²) in [4.78, 5) is 12.3. The Hall–Kier alpha value is -2.15. The van der Waals surface area contributed by atoms with Crippen LogP contribution in [-0.2, 0) is 11.4 Å². The summed E-state index contributed by atoms with van der Waals surface area (Å²) in [5.41, 5.74) is 2.78. The molecule has 2 N–H and O–H groups in total. The lowest BCUT2D eigenvalue weighted by Crippen LogP contribution is -2.17. The van der Waals surface area contributed by atoms with Crippen molar-refractivity contribution in [3.8, 4) is 5.75 Å². The van der Waals surface area contributed by atoms with Crippen LogP contribution in [0.15, 0.2) is 53.4 Å². The third kappa shape index (κ3) is 4.52. The van der Waals surface area contributed by atoms with Crippen LogP contribution < -0.4 is 10.1 Å². The van der Waals surface area contributed by atoms with E-state index < -0.39 is 6.10 Å². The van der Waals surface area contributed by atoms with Gasteiger partial charge in [0, 0.05) is 0 Å². The number of carbonyl (C=O) groups is 1. The van der Waals surface area contributed by atoms with Crippen molar-refractivity contribution in [3.05, 3.63) is 70.1 Å². The number of ether oxygens (including phenoxy) is 1. The van der Waals surface area contributed by atoms with E-state index in [1.165, 1.54) is 11.8 Å². The number of amides is 1. The smallest absolute Gasteiger partial charge is 0.263 e. The second-order valence-corrected chi connectivity index (χ2v) is 7.55. The van der Waals surface area contributed by atoms with Crippen LogP contribution in [0.4, 0.5) is 0 Å². The van der Waals surface area contributed by atoms with E-state index in [4.69, 9.17) is 17.0 Å². The minimum absolute atomic E-state index is 0.161. The fourth-order valence-electron chi connectivity index (χ4n) is 2.60. The standard InChI is InChI=1S/C20H19NO3S2/c1-2-17(22)16-6-4-3-5-14(16)12-24-15-9-7-13(8-10-15)11-18-19(23)21-20(25)26-18/h3-11,17,22H,2,12H2,1H3,(H,21,23,25). The molecule has 0 saturated carbocycles. The van der Waals surface area contributed by atoms with Crippen molar-refractivity contribution in [2.75, 3.05) is 0 Å². The molecule has 2 aromatic rings. The van der Waals surface area contributed by atoms with Gasteiger partial charge in [0.15, 0.2) is 0 Å². The zero-order valence-corrected chi connectivity index (χ0v) is 15.9. The number of aliphatic hydroxyl groups excluding tert-OH is 1. The molecule has 1 aliphatic heterocycles. The van der Waals surface area contributed by atoms with Crippen molar-refractivity contribution in [2.45, 2.75) is 26.1 Å². The quantitative estimate of drug-likeness (QED) is 0.577. The highest BCUT2D eigenvalue weighted by atomic mass is 32.2. The van der Waals surface area contributed by atoms with Crippen LogP contribution in [0.5, 0.6) is 5.75 Å². The normalized spacial score (nSPS) is 16.6. The highest BCUT2D eigenvalue weighted by molar-refractivity contribution is 8.26. The Labute approximate surface area is 162 Å². The average molecular weight is 386 g/mol. The van der Waals surface area contributed by atoms with Gasteiger partial charge in [-0.15, -0.1) is 0 Å². The van der Waals surface area contributed by atoms with E-state index in [-0.39, 0.29) is 5.91 Å². The van der Waals surface area contributed by atoms with Gasteiger partial charge in [-0.2, -0.15) is 0 Å².